The molecule has 36 heavy (non-hydrogen) atoms. The lowest BCUT2D eigenvalue weighted by Crippen LogP contribution is -2.29. The maximum atomic E-state index is 11.1. The zero-order valence-electron chi connectivity index (χ0n) is 22.1. The van der Waals surface area contributed by atoms with E-state index in [2.05, 4.69) is 81.1 Å². The van der Waals surface area contributed by atoms with Gasteiger partial charge in [-0.25, -0.2) is 0 Å². The number of benzene rings is 2. The molecule has 2 aromatic carbocycles. The fourth-order valence-electron chi connectivity index (χ4n) is 4.03. The molecule has 2 rings (SSSR count). The third kappa shape index (κ3) is 14.9. The highest BCUT2D eigenvalue weighted by Gasteiger charge is 2.09. The van der Waals surface area contributed by atoms with Crippen LogP contribution in [-0.2, 0) is 22.7 Å². The number of carbonyl (C=O) groups is 2. The first-order valence-electron chi connectivity index (χ1n) is 13.1. The van der Waals surface area contributed by atoms with Crippen LogP contribution in [0.3, 0.4) is 0 Å². The highest BCUT2D eigenvalue weighted by Crippen LogP contribution is 2.12. The van der Waals surface area contributed by atoms with E-state index >= 15 is 0 Å². The third-order valence-corrected chi connectivity index (χ3v) is 6.91. The van der Waals surface area contributed by atoms with Gasteiger partial charge >= 0.3 is 0 Å². The minimum absolute atomic E-state index is 0.0342. The minimum Gasteiger partial charge on any atom is -0.356 e. The molecule has 0 heterocycles. The van der Waals surface area contributed by atoms with E-state index in [1.54, 1.807) is 13.8 Å². The molecule has 0 unspecified atom stereocenters. The molecule has 198 valence electrons. The van der Waals surface area contributed by atoms with Crippen molar-refractivity contribution >= 4 is 23.6 Å². The smallest absolute Gasteiger partial charge is 0.216 e. The molecule has 7 heteroatoms. The molecule has 0 saturated carbocycles. The molecule has 6 nitrogen and oxygen atoms in total. The van der Waals surface area contributed by atoms with Crippen molar-refractivity contribution < 1.29 is 9.59 Å². The first kappa shape index (κ1) is 29.9. The van der Waals surface area contributed by atoms with Crippen molar-refractivity contribution in [1.82, 2.24) is 20.4 Å². The first-order valence-corrected chi connectivity index (χ1v) is 14.3. The summed E-state index contributed by atoms with van der Waals surface area (Å²) in [5.74, 6) is 1.97. The molecular formula is C29H44N4O2S. The van der Waals surface area contributed by atoms with Crippen molar-refractivity contribution in [2.45, 2.75) is 52.6 Å². The monoisotopic (exact) mass is 512 g/mol. The summed E-state index contributed by atoms with van der Waals surface area (Å²) < 4.78 is 0. The lowest BCUT2D eigenvalue weighted by Gasteiger charge is -2.25. The van der Waals surface area contributed by atoms with E-state index in [0.717, 1.165) is 83.1 Å². The van der Waals surface area contributed by atoms with Gasteiger partial charge in [0.15, 0.2) is 0 Å². The maximum Gasteiger partial charge on any atom is 0.216 e. The van der Waals surface area contributed by atoms with Crippen LogP contribution in [0.1, 0.15) is 50.7 Å². The number of unbranched alkanes of at least 4 members (excludes halogenated alkanes) is 2. The summed E-state index contributed by atoms with van der Waals surface area (Å²) in [5.41, 5.74) is 2.69. The predicted octanol–water partition coefficient (Wildman–Crippen LogP) is 4.51. The Balaban J connectivity index is 1.80. The molecule has 0 aliphatic carbocycles. The van der Waals surface area contributed by atoms with Gasteiger partial charge in [-0.1, -0.05) is 60.7 Å². The second kappa shape index (κ2) is 18.9. The molecule has 0 fully saturated rings. The normalized spacial score (nSPS) is 11.1. The SMILES string of the molecule is CC(=O)NCCCCN(CCCCN(CSCCNC(C)=O)Cc1ccccc1)Cc1ccccc1. The molecule has 0 atom stereocenters. The van der Waals surface area contributed by atoms with Crippen LogP contribution in [0.15, 0.2) is 60.7 Å². The number of amides is 2. The van der Waals surface area contributed by atoms with Crippen molar-refractivity contribution in [3.63, 3.8) is 0 Å². The number of nitrogens with one attached hydrogen (secondary N) is 2. The number of hydrogen-bond acceptors (Lipinski definition) is 5. The van der Waals surface area contributed by atoms with E-state index in [1.165, 1.54) is 11.1 Å². The quantitative estimate of drug-likeness (QED) is 0.214. The van der Waals surface area contributed by atoms with Gasteiger partial charge in [0.2, 0.25) is 11.8 Å². The van der Waals surface area contributed by atoms with Gasteiger partial charge in [-0.3, -0.25) is 19.4 Å². The Kier molecular flexibility index (Phi) is 15.6. The lowest BCUT2D eigenvalue weighted by molar-refractivity contribution is -0.119. The highest BCUT2D eigenvalue weighted by atomic mass is 32.2. The Morgan fingerprint density at radius 1 is 0.667 bits per heavy atom. The molecule has 2 aromatic rings. The number of hydrogen-bond donors (Lipinski definition) is 2. The topological polar surface area (TPSA) is 64.7 Å². The van der Waals surface area contributed by atoms with Gasteiger partial charge in [0.25, 0.3) is 0 Å². The Bertz CT molecular complexity index is 779. The molecular weight excluding hydrogens is 468 g/mol. The summed E-state index contributed by atoms with van der Waals surface area (Å²) in [6.45, 7) is 9.70. The van der Waals surface area contributed by atoms with Gasteiger partial charge in [0.05, 0.1) is 0 Å². The Morgan fingerprint density at radius 2 is 1.14 bits per heavy atom. The molecule has 0 spiro atoms. The van der Waals surface area contributed by atoms with Crippen LogP contribution in [0.2, 0.25) is 0 Å². The van der Waals surface area contributed by atoms with Crippen LogP contribution in [-0.4, -0.2) is 66.0 Å². The molecule has 0 radical (unpaired) electrons. The highest BCUT2D eigenvalue weighted by molar-refractivity contribution is 7.99. The second-order valence-corrected chi connectivity index (χ2v) is 10.3. The molecule has 2 amide bonds. The van der Waals surface area contributed by atoms with E-state index in [4.69, 9.17) is 0 Å². The summed E-state index contributed by atoms with van der Waals surface area (Å²) >= 11 is 1.88. The van der Waals surface area contributed by atoms with E-state index < -0.39 is 0 Å². The zero-order chi connectivity index (χ0) is 25.8. The van der Waals surface area contributed by atoms with Gasteiger partial charge in [-0.05, 0) is 56.4 Å². The van der Waals surface area contributed by atoms with Crippen molar-refractivity contribution in [2.24, 2.45) is 0 Å². The number of nitrogens with zero attached hydrogens (tertiary/aromatic N) is 2. The predicted molar refractivity (Wildman–Crippen MR) is 152 cm³/mol. The maximum absolute atomic E-state index is 11.1. The largest absolute Gasteiger partial charge is 0.356 e. The number of carbonyl (C=O) groups excluding carboxylic acids is 2. The Hall–Kier alpha value is -2.35. The van der Waals surface area contributed by atoms with Gasteiger partial charge in [-0.15, -0.1) is 11.8 Å². The van der Waals surface area contributed by atoms with Crippen molar-refractivity contribution in [2.75, 3.05) is 44.4 Å². The third-order valence-electron chi connectivity index (χ3n) is 5.87. The Labute approximate surface area is 222 Å². The molecule has 2 N–H and O–H groups in total. The van der Waals surface area contributed by atoms with Crippen LogP contribution in [0.5, 0.6) is 0 Å². The number of rotatable bonds is 19. The van der Waals surface area contributed by atoms with Crippen LogP contribution in [0.25, 0.3) is 0 Å². The minimum atomic E-state index is 0.0342. The van der Waals surface area contributed by atoms with E-state index in [9.17, 15) is 9.59 Å². The van der Waals surface area contributed by atoms with Crippen LogP contribution < -0.4 is 10.6 Å². The van der Waals surface area contributed by atoms with Gasteiger partial charge < -0.3 is 10.6 Å². The van der Waals surface area contributed by atoms with Crippen LogP contribution in [0, 0.1) is 0 Å². The summed E-state index contributed by atoms with van der Waals surface area (Å²) in [6.07, 6.45) is 4.39. The summed E-state index contributed by atoms with van der Waals surface area (Å²) in [6, 6.07) is 21.3. The second-order valence-electron chi connectivity index (χ2n) is 9.22. The van der Waals surface area contributed by atoms with Crippen molar-refractivity contribution in [1.29, 1.82) is 0 Å². The van der Waals surface area contributed by atoms with E-state index in [-0.39, 0.29) is 11.8 Å². The average Bonchev–Trinajstić information content (AvgIpc) is 2.86. The van der Waals surface area contributed by atoms with Crippen LogP contribution in [0.4, 0.5) is 0 Å². The van der Waals surface area contributed by atoms with E-state index in [0.29, 0.717) is 0 Å². The van der Waals surface area contributed by atoms with Gasteiger partial charge in [0, 0.05) is 51.7 Å². The van der Waals surface area contributed by atoms with E-state index in [1.807, 2.05) is 11.8 Å². The molecule has 0 aliphatic heterocycles. The molecule has 0 bridgehead atoms. The van der Waals surface area contributed by atoms with Crippen molar-refractivity contribution in [3.8, 4) is 0 Å². The van der Waals surface area contributed by atoms with Crippen molar-refractivity contribution in [3.05, 3.63) is 71.8 Å². The van der Waals surface area contributed by atoms with Gasteiger partial charge in [0.1, 0.15) is 0 Å². The molecule has 0 aromatic heterocycles. The summed E-state index contributed by atoms with van der Waals surface area (Å²) in [7, 11) is 0. The van der Waals surface area contributed by atoms with Crippen LogP contribution >= 0.6 is 11.8 Å². The Morgan fingerprint density at radius 3 is 1.69 bits per heavy atom. The standard InChI is InChI=1S/C29H44N4O2S/c1-26(34)30-17-9-10-19-32(23-28-13-5-3-6-14-28)20-11-12-21-33(24-29-15-7-4-8-16-29)25-36-22-18-31-27(2)35/h3-8,13-16H,9-12,17-25H2,1-2H3,(H,30,34)(H,31,35). The first-order chi connectivity index (χ1) is 17.5. The molecule has 0 saturated heterocycles. The summed E-state index contributed by atoms with van der Waals surface area (Å²) in [4.78, 5) is 27.3. The zero-order valence-corrected chi connectivity index (χ0v) is 22.9. The number of thioether (sulfide) groups is 1. The van der Waals surface area contributed by atoms with Gasteiger partial charge in [-0.2, -0.15) is 0 Å². The fourth-order valence-corrected chi connectivity index (χ4v) is 4.89. The fraction of sp³-hybridized carbons (Fsp3) is 0.517. The molecule has 0 aliphatic rings. The summed E-state index contributed by atoms with van der Waals surface area (Å²) in [5, 5.41) is 5.78. The average molecular weight is 513 g/mol. The lowest BCUT2D eigenvalue weighted by atomic mass is 10.1.